The molecule has 1 saturated heterocycles. The number of hydrogen-bond donors (Lipinski definition) is 1. The molecule has 2 aliphatic heterocycles. The van der Waals surface area contributed by atoms with E-state index in [2.05, 4.69) is 5.32 Å². The van der Waals surface area contributed by atoms with Gasteiger partial charge in [0.2, 0.25) is 15.9 Å². The van der Waals surface area contributed by atoms with Crippen LogP contribution in [0.1, 0.15) is 47.5 Å². The van der Waals surface area contributed by atoms with Gasteiger partial charge in [-0.3, -0.25) is 4.79 Å². The van der Waals surface area contributed by atoms with Crippen molar-refractivity contribution in [3.05, 3.63) is 16.0 Å². The lowest BCUT2D eigenvalue weighted by molar-refractivity contribution is -0.119. The fourth-order valence-corrected chi connectivity index (χ4v) is 6.25. The van der Waals surface area contributed by atoms with E-state index in [1.165, 1.54) is 15.6 Å². The lowest BCUT2D eigenvalue weighted by Gasteiger charge is -2.26. The standard InChI is InChI=1S/C19H27N3O7S2/c1-4-28-18(24)15-12-8-10-21(19(25)29-5-2)11-14(12)30-17(15)20-16(23)13-7-6-9-22(13)31(3,26)27/h13H,4-11H2,1-3H3,(H,20,23). The minimum Gasteiger partial charge on any atom is -0.462 e. The maximum absolute atomic E-state index is 12.9. The minimum absolute atomic E-state index is 0.177. The summed E-state index contributed by atoms with van der Waals surface area (Å²) >= 11 is 1.20. The number of hydrogen-bond acceptors (Lipinski definition) is 8. The van der Waals surface area contributed by atoms with Crippen LogP contribution in [0.4, 0.5) is 9.80 Å². The number of carbonyl (C=O) groups is 3. The number of thiophene rings is 1. The van der Waals surface area contributed by atoms with Gasteiger partial charge in [0.15, 0.2) is 0 Å². The number of fused-ring (bicyclic) bond motifs is 1. The second-order valence-corrected chi connectivity index (χ2v) is 10.4. The van der Waals surface area contributed by atoms with Crippen molar-refractivity contribution in [2.75, 3.05) is 37.9 Å². The summed E-state index contributed by atoms with van der Waals surface area (Å²) in [4.78, 5) is 40.0. The number of carbonyl (C=O) groups excluding carboxylic acids is 3. The van der Waals surface area contributed by atoms with Crippen LogP contribution in [0.2, 0.25) is 0 Å². The van der Waals surface area contributed by atoms with Gasteiger partial charge in [0.05, 0.1) is 31.6 Å². The Balaban J connectivity index is 1.88. The fourth-order valence-electron chi connectivity index (χ4n) is 3.88. The smallest absolute Gasteiger partial charge is 0.410 e. The molecule has 0 spiro atoms. The molecule has 1 fully saturated rings. The zero-order valence-electron chi connectivity index (χ0n) is 17.8. The van der Waals surface area contributed by atoms with Gasteiger partial charge in [-0.1, -0.05) is 0 Å². The molecular weight excluding hydrogens is 446 g/mol. The summed E-state index contributed by atoms with van der Waals surface area (Å²) in [6.45, 7) is 4.80. The van der Waals surface area contributed by atoms with Crippen molar-refractivity contribution in [1.29, 1.82) is 0 Å². The van der Waals surface area contributed by atoms with E-state index in [1.54, 1.807) is 18.7 Å². The summed E-state index contributed by atoms with van der Waals surface area (Å²) in [5.74, 6) is -1.03. The highest BCUT2D eigenvalue weighted by molar-refractivity contribution is 7.88. The van der Waals surface area contributed by atoms with Crippen LogP contribution >= 0.6 is 11.3 Å². The highest BCUT2D eigenvalue weighted by atomic mass is 32.2. The number of esters is 1. The number of anilines is 1. The van der Waals surface area contributed by atoms with Crippen LogP contribution in [0.15, 0.2) is 0 Å². The third kappa shape index (κ3) is 5.01. The molecule has 172 valence electrons. The third-order valence-electron chi connectivity index (χ3n) is 5.23. The van der Waals surface area contributed by atoms with E-state index in [0.717, 1.165) is 16.7 Å². The monoisotopic (exact) mass is 473 g/mol. The van der Waals surface area contributed by atoms with Gasteiger partial charge >= 0.3 is 12.1 Å². The lowest BCUT2D eigenvalue weighted by Crippen LogP contribution is -2.42. The number of ether oxygens (including phenoxy) is 2. The molecule has 10 nitrogen and oxygen atoms in total. The van der Waals surface area contributed by atoms with Crippen molar-refractivity contribution >= 4 is 44.3 Å². The molecule has 2 amide bonds. The van der Waals surface area contributed by atoms with Gasteiger partial charge < -0.3 is 19.7 Å². The largest absolute Gasteiger partial charge is 0.462 e. The summed E-state index contributed by atoms with van der Waals surface area (Å²) < 4.78 is 35.4. The number of amides is 2. The molecule has 3 heterocycles. The number of rotatable bonds is 6. The van der Waals surface area contributed by atoms with E-state index in [0.29, 0.717) is 30.8 Å². The average Bonchev–Trinajstić information content (AvgIpc) is 3.32. The van der Waals surface area contributed by atoms with Gasteiger partial charge in [-0.05, 0) is 38.7 Å². The molecule has 1 unspecified atom stereocenters. The first kappa shape index (κ1) is 23.5. The summed E-state index contributed by atoms with van der Waals surface area (Å²) in [5.41, 5.74) is 1.02. The van der Waals surface area contributed by atoms with Crippen LogP contribution in [0, 0.1) is 0 Å². The van der Waals surface area contributed by atoms with Crippen molar-refractivity contribution in [1.82, 2.24) is 9.21 Å². The van der Waals surface area contributed by atoms with Gasteiger partial charge in [0.1, 0.15) is 11.0 Å². The molecular formula is C19H27N3O7S2. The van der Waals surface area contributed by atoms with Gasteiger partial charge in [0.25, 0.3) is 0 Å². The summed E-state index contributed by atoms with van der Waals surface area (Å²) in [6.07, 6.45) is 2.07. The summed E-state index contributed by atoms with van der Waals surface area (Å²) in [6, 6.07) is -0.819. The molecule has 1 aromatic heterocycles. The van der Waals surface area contributed by atoms with Crippen molar-refractivity contribution in [3.63, 3.8) is 0 Å². The highest BCUT2D eigenvalue weighted by Crippen LogP contribution is 2.38. The summed E-state index contributed by atoms with van der Waals surface area (Å²) in [7, 11) is -3.52. The second kappa shape index (κ2) is 9.53. The van der Waals surface area contributed by atoms with Crippen molar-refractivity contribution in [2.24, 2.45) is 0 Å². The molecule has 0 aromatic carbocycles. The van der Waals surface area contributed by atoms with Crippen LogP contribution in [0.5, 0.6) is 0 Å². The Kier molecular flexibility index (Phi) is 7.22. The topological polar surface area (TPSA) is 122 Å². The van der Waals surface area contributed by atoms with Crippen LogP contribution in [-0.4, -0.2) is 74.2 Å². The fraction of sp³-hybridized carbons (Fsp3) is 0.632. The van der Waals surface area contributed by atoms with E-state index in [4.69, 9.17) is 9.47 Å². The first-order valence-corrected chi connectivity index (χ1v) is 12.8. The quantitative estimate of drug-likeness (QED) is 0.625. The summed E-state index contributed by atoms with van der Waals surface area (Å²) in [5, 5.41) is 3.08. The SMILES string of the molecule is CCOC(=O)c1c(NC(=O)C2CCCN2S(C)(=O)=O)sc2c1CCN(C(=O)OCC)C2. The zero-order valence-corrected chi connectivity index (χ0v) is 19.4. The van der Waals surface area contributed by atoms with Crippen LogP contribution in [-0.2, 0) is 37.3 Å². The number of sulfonamides is 1. The number of nitrogens with one attached hydrogen (secondary N) is 1. The molecule has 0 saturated carbocycles. The van der Waals surface area contributed by atoms with Crippen LogP contribution in [0.3, 0.4) is 0 Å². The maximum Gasteiger partial charge on any atom is 0.410 e. The Morgan fingerprint density at radius 1 is 1.16 bits per heavy atom. The Morgan fingerprint density at radius 3 is 2.52 bits per heavy atom. The Labute approximate surface area is 185 Å². The predicted octanol–water partition coefficient (Wildman–Crippen LogP) is 1.80. The van der Waals surface area contributed by atoms with E-state index < -0.39 is 34.0 Å². The van der Waals surface area contributed by atoms with Crippen molar-refractivity contribution < 1.29 is 32.3 Å². The van der Waals surface area contributed by atoms with E-state index in [1.807, 2.05) is 0 Å². The Morgan fingerprint density at radius 2 is 1.87 bits per heavy atom. The van der Waals surface area contributed by atoms with Crippen LogP contribution < -0.4 is 5.32 Å². The van der Waals surface area contributed by atoms with Gasteiger partial charge in [-0.15, -0.1) is 11.3 Å². The van der Waals surface area contributed by atoms with E-state index in [9.17, 15) is 22.8 Å². The molecule has 31 heavy (non-hydrogen) atoms. The minimum atomic E-state index is -3.52. The van der Waals surface area contributed by atoms with Crippen molar-refractivity contribution in [3.8, 4) is 0 Å². The highest BCUT2D eigenvalue weighted by Gasteiger charge is 2.38. The van der Waals surface area contributed by atoms with Gasteiger partial charge in [-0.2, -0.15) is 4.31 Å². The van der Waals surface area contributed by atoms with Crippen LogP contribution in [0.25, 0.3) is 0 Å². The normalized spacial score (nSPS) is 19.1. The Bertz CT molecular complexity index is 973. The molecule has 1 atom stereocenters. The molecule has 3 rings (SSSR count). The predicted molar refractivity (Wildman–Crippen MR) is 115 cm³/mol. The average molecular weight is 474 g/mol. The molecule has 1 aromatic rings. The zero-order chi connectivity index (χ0) is 22.8. The van der Waals surface area contributed by atoms with Crippen molar-refractivity contribution in [2.45, 2.75) is 45.7 Å². The van der Waals surface area contributed by atoms with E-state index >= 15 is 0 Å². The molecule has 12 heteroatoms. The first-order chi connectivity index (χ1) is 14.7. The third-order valence-corrected chi connectivity index (χ3v) is 7.65. The molecule has 1 N–H and O–H groups in total. The Hall–Kier alpha value is -2.18. The molecule has 0 aliphatic carbocycles. The maximum atomic E-state index is 12.9. The van der Waals surface area contributed by atoms with Gasteiger partial charge in [-0.25, -0.2) is 18.0 Å². The molecule has 2 aliphatic rings. The molecule has 0 bridgehead atoms. The lowest BCUT2D eigenvalue weighted by atomic mass is 10.0. The number of nitrogens with zero attached hydrogens (tertiary/aromatic N) is 2. The second-order valence-electron chi connectivity index (χ2n) is 7.32. The van der Waals surface area contributed by atoms with Gasteiger partial charge in [0, 0.05) is 18.0 Å². The van der Waals surface area contributed by atoms with E-state index in [-0.39, 0.29) is 31.9 Å². The first-order valence-electron chi connectivity index (χ1n) is 10.2. The molecule has 0 radical (unpaired) electrons.